The highest BCUT2D eigenvalue weighted by atomic mass is 16.5. The number of hydrogen-bond acceptors (Lipinski definition) is 4. The number of benzene rings is 2. The van der Waals surface area contributed by atoms with Crippen LogP contribution in [-0.2, 0) is 11.3 Å². The minimum atomic E-state index is -0.300. The van der Waals surface area contributed by atoms with E-state index in [1.807, 2.05) is 24.3 Å². The van der Waals surface area contributed by atoms with E-state index in [1.165, 1.54) is 0 Å². The molecule has 0 aliphatic carbocycles. The average molecular weight is 338 g/mol. The number of nitrogens with one attached hydrogen (secondary N) is 2. The van der Waals surface area contributed by atoms with Crippen LogP contribution in [0.4, 0.5) is 0 Å². The van der Waals surface area contributed by atoms with Crippen LogP contribution >= 0.6 is 0 Å². The van der Waals surface area contributed by atoms with Crippen LogP contribution in [0.1, 0.15) is 16.1 Å². The molecule has 0 saturated carbocycles. The quantitative estimate of drug-likeness (QED) is 0.724. The van der Waals surface area contributed by atoms with Crippen LogP contribution in [-0.4, -0.2) is 25.5 Å². The zero-order valence-corrected chi connectivity index (χ0v) is 13.7. The first kappa shape index (κ1) is 16.6. The van der Waals surface area contributed by atoms with Crippen LogP contribution in [0.15, 0.2) is 59.2 Å². The molecule has 0 aliphatic rings. The topological polar surface area (TPSA) is 80.6 Å². The van der Waals surface area contributed by atoms with Gasteiger partial charge in [-0.2, -0.15) is 0 Å². The third-order valence-electron chi connectivity index (χ3n) is 3.76. The molecule has 6 nitrogen and oxygen atoms in total. The maximum Gasteiger partial charge on any atom is 0.251 e. The zero-order chi connectivity index (χ0) is 17.6. The summed E-state index contributed by atoms with van der Waals surface area (Å²) in [7, 11) is 1.61. The molecular formula is C19H18N2O4. The number of hydrogen-bond donors (Lipinski definition) is 2. The number of furan rings is 1. The number of fused-ring (bicyclic) bond motifs is 1. The molecule has 0 bridgehead atoms. The van der Waals surface area contributed by atoms with Crippen molar-refractivity contribution in [2.45, 2.75) is 6.54 Å². The van der Waals surface area contributed by atoms with Crippen molar-refractivity contribution >= 4 is 22.6 Å². The molecule has 3 aromatic rings. The minimum Gasteiger partial charge on any atom is -0.497 e. The summed E-state index contributed by atoms with van der Waals surface area (Å²) in [6.07, 6.45) is 1.54. The first-order valence-corrected chi connectivity index (χ1v) is 7.81. The number of ether oxygens (including phenoxy) is 1. The third-order valence-corrected chi connectivity index (χ3v) is 3.76. The predicted molar refractivity (Wildman–Crippen MR) is 93.4 cm³/mol. The molecule has 0 aliphatic heterocycles. The Kier molecular flexibility index (Phi) is 4.99. The molecule has 25 heavy (non-hydrogen) atoms. The zero-order valence-electron chi connectivity index (χ0n) is 13.7. The van der Waals surface area contributed by atoms with Crippen molar-refractivity contribution in [1.29, 1.82) is 0 Å². The van der Waals surface area contributed by atoms with Gasteiger partial charge in [-0.3, -0.25) is 9.59 Å². The summed E-state index contributed by atoms with van der Waals surface area (Å²) < 4.78 is 10.3. The Morgan fingerprint density at radius 1 is 1.04 bits per heavy atom. The van der Waals surface area contributed by atoms with Gasteiger partial charge in [-0.15, -0.1) is 0 Å². The monoisotopic (exact) mass is 338 g/mol. The lowest BCUT2D eigenvalue weighted by molar-refractivity contribution is -0.120. The maximum absolute atomic E-state index is 12.2. The molecule has 0 spiro atoms. The number of carbonyl (C=O) groups is 2. The summed E-state index contributed by atoms with van der Waals surface area (Å²) in [5, 5.41) is 7.19. The van der Waals surface area contributed by atoms with Crippen molar-refractivity contribution in [3.8, 4) is 5.75 Å². The molecular weight excluding hydrogens is 320 g/mol. The minimum absolute atomic E-state index is 0.0970. The fourth-order valence-electron chi connectivity index (χ4n) is 2.42. The smallest absolute Gasteiger partial charge is 0.251 e. The Hall–Kier alpha value is -3.28. The van der Waals surface area contributed by atoms with E-state index >= 15 is 0 Å². The summed E-state index contributed by atoms with van der Waals surface area (Å²) in [6.45, 7) is 0.194. The van der Waals surface area contributed by atoms with Gasteiger partial charge in [0.05, 0.1) is 26.5 Å². The summed E-state index contributed by atoms with van der Waals surface area (Å²) in [6, 6.07) is 14.5. The van der Waals surface area contributed by atoms with Gasteiger partial charge in [-0.1, -0.05) is 12.1 Å². The Morgan fingerprint density at radius 3 is 2.60 bits per heavy atom. The molecule has 2 N–H and O–H groups in total. The van der Waals surface area contributed by atoms with Gasteiger partial charge in [-0.25, -0.2) is 0 Å². The fraction of sp³-hybridized carbons (Fsp3) is 0.158. The molecule has 2 aromatic carbocycles. The molecule has 6 heteroatoms. The number of carbonyl (C=O) groups excluding carboxylic acids is 2. The first-order chi connectivity index (χ1) is 12.2. The van der Waals surface area contributed by atoms with E-state index < -0.39 is 0 Å². The lowest BCUT2D eigenvalue weighted by Gasteiger charge is -2.08. The highest BCUT2D eigenvalue weighted by molar-refractivity contribution is 6.00. The maximum atomic E-state index is 12.2. The van der Waals surface area contributed by atoms with Crippen LogP contribution < -0.4 is 15.4 Å². The van der Waals surface area contributed by atoms with Crippen LogP contribution in [0.2, 0.25) is 0 Å². The second-order valence-electron chi connectivity index (χ2n) is 5.47. The van der Waals surface area contributed by atoms with Crippen LogP contribution in [0, 0.1) is 0 Å². The van der Waals surface area contributed by atoms with Gasteiger partial charge in [0, 0.05) is 5.56 Å². The summed E-state index contributed by atoms with van der Waals surface area (Å²) in [5.74, 6) is 0.837. The number of rotatable bonds is 6. The van der Waals surface area contributed by atoms with Crippen LogP contribution in [0.5, 0.6) is 5.75 Å². The molecule has 2 amide bonds. The Balaban J connectivity index is 1.57. The lowest BCUT2D eigenvalue weighted by atomic mass is 10.1. The molecule has 0 radical (unpaired) electrons. The van der Waals surface area contributed by atoms with E-state index in [4.69, 9.17) is 9.15 Å². The fourth-order valence-corrected chi connectivity index (χ4v) is 2.42. The van der Waals surface area contributed by atoms with Crippen molar-refractivity contribution in [3.05, 3.63) is 66.1 Å². The predicted octanol–water partition coefficient (Wildman–Crippen LogP) is 2.49. The van der Waals surface area contributed by atoms with Gasteiger partial charge in [0.2, 0.25) is 5.91 Å². The molecule has 0 saturated heterocycles. The highest BCUT2D eigenvalue weighted by Gasteiger charge is 2.09. The second-order valence-corrected chi connectivity index (χ2v) is 5.47. The molecule has 1 aromatic heterocycles. The van der Waals surface area contributed by atoms with E-state index in [0.29, 0.717) is 17.9 Å². The van der Waals surface area contributed by atoms with E-state index in [1.54, 1.807) is 37.6 Å². The normalized spacial score (nSPS) is 10.4. The molecule has 3 rings (SSSR count). The van der Waals surface area contributed by atoms with Gasteiger partial charge in [-0.05, 0) is 47.2 Å². The van der Waals surface area contributed by atoms with E-state index in [9.17, 15) is 9.59 Å². The summed E-state index contributed by atoms with van der Waals surface area (Å²) in [5.41, 5.74) is 0.497. The lowest BCUT2D eigenvalue weighted by Crippen LogP contribution is -2.36. The molecule has 0 unspecified atom stereocenters. The standard InChI is InChI=1S/C19H18N2O4/c1-24-16-7-6-13-9-15(5-4-14(13)10-16)19(23)21-12-18(22)20-11-17-3-2-8-25-17/h2-10H,11-12H2,1H3,(H,20,22)(H,21,23). The highest BCUT2D eigenvalue weighted by Crippen LogP contribution is 2.21. The van der Waals surface area contributed by atoms with Crippen molar-refractivity contribution in [1.82, 2.24) is 10.6 Å². The van der Waals surface area contributed by atoms with E-state index in [-0.39, 0.29) is 18.4 Å². The first-order valence-electron chi connectivity index (χ1n) is 7.81. The van der Waals surface area contributed by atoms with Crippen molar-refractivity contribution in [2.75, 3.05) is 13.7 Å². The van der Waals surface area contributed by atoms with Crippen LogP contribution in [0.25, 0.3) is 10.8 Å². The Labute approximate surface area is 144 Å². The second kappa shape index (κ2) is 7.53. The number of amides is 2. The van der Waals surface area contributed by atoms with Gasteiger partial charge in [0.25, 0.3) is 5.91 Å². The molecule has 0 fully saturated rings. The van der Waals surface area contributed by atoms with Crippen molar-refractivity contribution in [2.24, 2.45) is 0 Å². The van der Waals surface area contributed by atoms with E-state index in [2.05, 4.69) is 10.6 Å². The Bertz CT molecular complexity index is 888. The van der Waals surface area contributed by atoms with Gasteiger partial charge >= 0.3 is 0 Å². The summed E-state index contributed by atoms with van der Waals surface area (Å²) >= 11 is 0. The van der Waals surface area contributed by atoms with Gasteiger partial charge in [0.15, 0.2) is 0 Å². The van der Waals surface area contributed by atoms with Crippen molar-refractivity contribution in [3.63, 3.8) is 0 Å². The summed E-state index contributed by atoms with van der Waals surface area (Å²) in [4.78, 5) is 24.0. The largest absolute Gasteiger partial charge is 0.497 e. The SMILES string of the molecule is COc1ccc2cc(C(=O)NCC(=O)NCc3ccco3)ccc2c1. The van der Waals surface area contributed by atoms with Gasteiger partial charge < -0.3 is 19.8 Å². The molecule has 128 valence electrons. The van der Waals surface area contributed by atoms with Crippen LogP contribution in [0.3, 0.4) is 0 Å². The van der Waals surface area contributed by atoms with Gasteiger partial charge in [0.1, 0.15) is 11.5 Å². The van der Waals surface area contributed by atoms with Crippen molar-refractivity contribution < 1.29 is 18.7 Å². The van der Waals surface area contributed by atoms with E-state index in [0.717, 1.165) is 16.5 Å². The Morgan fingerprint density at radius 2 is 1.84 bits per heavy atom. The molecule has 0 atom stereocenters. The average Bonchev–Trinajstić information content (AvgIpc) is 3.17. The number of methoxy groups -OCH3 is 1. The molecule has 1 heterocycles. The third kappa shape index (κ3) is 4.17.